The van der Waals surface area contributed by atoms with Crippen LogP contribution in [0.3, 0.4) is 0 Å². The van der Waals surface area contributed by atoms with Gasteiger partial charge in [-0.25, -0.2) is 9.48 Å². The van der Waals surface area contributed by atoms with Gasteiger partial charge in [-0.05, 0) is 50.0 Å². The molecule has 1 aromatic rings. The molecule has 2 saturated heterocycles. The van der Waals surface area contributed by atoms with Crippen LogP contribution in [-0.2, 0) is 11.3 Å². The summed E-state index contributed by atoms with van der Waals surface area (Å²) in [5.74, 6) is 2.59. The molecule has 1 saturated carbocycles. The first-order chi connectivity index (χ1) is 11.4. The molecule has 3 aliphatic rings. The van der Waals surface area contributed by atoms with E-state index in [4.69, 9.17) is 4.74 Å². The number of hydrogen-bond donors (Lipinski definition) is 0. The van der Waals surface area contributed by atoms with E-state index in [9.17, 15) is 4.79 Å². The number of carbonyl (C=O) groups excluding carboxylic acids is 1. The first kappa shape index (κ1) is 15.7. The van der Waals surface area contributed by atoms with Crippen LogP contribution in [-0.4, -0.2) is 63.0 Å². The lowest BCUT2D eigenvalue weighted by Gasteiger charge is -2.26. The van der Waals surface area contributed by atoms with Crippen molar-refractivity contribution in [1.82, 2.24) is 25.1 Å². The molecule has 0 N–H and O–H groups in total. The van der Waals surface area contributed by atoms with Gasteiger partial charge in [0.05, 0.1) is 0 Å². The molecule has 0 bridgehead atoms. The molecule has 1 aromatic heterocycles. The van der Waals surface area contributed by atoms with Crippen molar-refractivity contribution in [1.29, 1.82) is 0 Å². The van der Waals surface area contributed by atoms with Gasteiger partial charge >= 0.3 is 6.09 Å². The summed E-state index contributed by atoms with van der Waals surface area (Å²) in [5, 5.41) is 12.2. The number of tetrazole rings is 1. The van der Waals surface area contributed by atoms with Crippen molar-refractivity contribution in [2.75, 3.05) is 31.1 Å². The third-order valence-corrected chi connectivity index (χ3v) is 5.06. The number of aromatic nitrogens is 4. The summed E-state index contributed by atoms with van der Waals surface area (Å²) in [6.45, 7) is 10.00. The highest BCUT2D eigenvalue weighted by molar-refractivity contribution is 5.68. The molecular weight excluding hydrogens is 308 g/mol. The zero-order chi connectivity index (χ0) is 16.9. The highest BCUT2D eigenvalue weighted by atomic mass is 16.6. The van der Waals surface area contributed by atoms with Crippen LogP contribution in [0.2, 0.25) is 0 Å². The van der Waals surface area contributed by atoms with Gasteiger partial charge in [0.1, 0.15) is 5.60 Å². The molecular formula is C16H26N6O2. The Kier molecular flexibility index (Phi) is 3.65. The quantitative estimate of drug-likeness (QED) is 0.831. The third kappa shape index (κ3) is 3.18. The largest absolute Gasteiger partial charge is 0.444 e. The third-order valence-electron chi connectivity index (χ3n) is 5.06. The van der Waals surface area contributed by atoms with Gasteiger partial charge in [-0.15, -0.1) is 0 Å². The predicted molar refractivity (Wildman–Crippen MR) is 87.5 cm³/mol. The molecule has 24 heavy (non-hydrogen) atoms. The molecule has 3 fully saturated rings. The lowest BCUT2D eigenvalue weighted by atomic mass is 10.0. The summed E-state index contributed by atoms with van der Waals surface area (Å²) in [6, 6.07) is 0. The molecule has 0 unspecified atom stereocenters. The molecule has 8 heteroatoms. The normalized spacial score (nSPS) is 26.8. The Morgan fingerprint density at radius 1 is 1.17 bits per heavy atom. The fourth-order valence-corrected chi connectivity index (χ4v) is 3.72. The van der Waals surface area contributed by atoms with Crippen LogP contribution in [0.25, 0.3) is 0 Å². The fraction of sp³-hybridized carbons (Fsp3) is 0.875. The van der Waals surface area contributed by atoms with Crippen LogP contribution >= 0.6 is 0 Å². The van der Waals surface area contributed by atoms with Gasteiger partial charge in [0.2, 0.25) is 5.95 Å². The average Bonchev–Trinajstić information content (AvgIpc) is 2.87. The minimum Gasteiger partial charge on any atom is -0.444 e. The number of anilines is 1. The topological polar surface area (TPSA) is 76.4 Å². The molecule has 1 aliphatic carbocycles. The van der Waals surface area contributed by atoms with Crippen LogP contribution in [0.1, 0.15) is 33.6 Å². The van der Waals surface area contributed by atoms with Crippen molar-refractivity contribution in [3.05, 3.63) is 0 Å². The second-order valence-electron chi connectivity index (χ2n) is 8.41. The van der Waals surface area contributed by atoms with E-state index < -0.39 is 5.60 Å². The molecule has 2 atom stereocenters. The van der Waals surface area contributed by atoms with Crippen LogP contribution in [0.4, 0.5) is 10.7 Å². The van der Waals surface area contributed by atoms with Gasteiger partial charge < -0.3 is 14.5 Å². The van der Waals surface area contributed by atoms with E-state index in [1.165, 1.54) is 12.8 Å². The molecule has 0 spiro atoms. The van der Waals surface area contributed by atoms with Crippen molar-refractivity contribution in [3.63, 3.8) is 0 Å². The van der Waals surface area contributed by atoms with Crippen LogP contribution in [0, 0.1) is 17.8 Å². The van der Waals surface area contributed by atoms with Crippen molar-refractivity contribution < 1.29 is 9.53 Å². The summed E-state index contributed by atoms with van der Waals surface area (Å²) in [5.41, 5.74) is -0.439. The number of rotatable bonds is 3. The first-order valence-corrected chi connectivity index (χ1v) is 8.88. The van der Waals surface area contributed by atoms with Crippen LogP contribution in [0.15, 0.2) is 0 Å². The van der Waals surface area contributed by atoms with Gasteiger partial charge in [0.15, 0.2) is 0 Å². The molecule has 0 radical (unpaired) electrons. The Labute approximate surface area is 142 Å². The molecule has 1 amide bonds. The van der Waals surface area contributed by atoms with Gasteiger partial charge in [0.25, 0.3) is 0 Å². The number of fused-ring (bicyclic) bond motifs is 1. The predicted octanol–water partition coefficient (Wildman–Crippen LogP) is 1.39. The van der Waals surface area contributed by atoms with Gasteiger partial charge in [0, 0.05) is 44.6 Å². The second-order valence-corrected chi connectivity index (χ2v) is 8.41. The van der Waals surface area contributed by atoms with Crippen molar-refractivity contribution in [2.45, 2.75) is 45.8 Å². The molecule has 4 rings (SSSR count). The van der Waals surface area contributed by atoms with E-state index in [1.807, 2.05) is 30.4 Å². The van der Waals surface area contributed by atoms with E-state index in [-0.39, 0.29) is 6.09 Å². The summed E-state index contributed by atoms with van der Waals surface area (Å²) < 4.78 is 7.44. The highest BCUT2D eigenvalue weighted by Gasteiger charge is 2.44. The van der Waals surface area contributed by atoms with E-state index in [1.54, 1.807) is 0 Å². The standard InChI is InChI=1S/C16H26N6O2/c1-16(2,3)24-15(23)21-9-12-7-20(8-13(12)10-21)14-17-18-19-22(14)6-11-4-5-11/h11-13H,4-10H2,1-3H3/t12-,13+. The molecule has 132 valence electrons. The first-order valence-electron chi connectivity index (χ1n) is 8.88. The Hall–Kier alpha value is -1.86. The van der Waals surface area contributed by atoms with Gasteiger partial charge in [-0.3, -0.25) is 0 Å². The number of carbonyl (C=O) groups is 1. The lowest BCUT2D eigenvalue weighted by Crippen LogP contribution is -2.38. The fourth-order valence-electron chi connectivity index (χ4n) is 3.72. The number of hydrogen-bond acceptors (Lipinski definition) is 6. The highest BCUT2D eigenvalue weighted by Crippen LogP contribution is 2.35. The maximum atomic E-state index is 12.2. The summed E-state index contributed by atoms with van der Waals surface area (Å²) in [6.07, 6.45) is 2.38. The lowest BCUT2D eigenvalue weighted by molar-refractivity contribution is 0.0282. The van der Waals surface area contributed by atoms with E-state index >= 15 is 0 Å². The smallest absolute Gasteiger partial charge is 0.410 e. The van der Waals surface area contributed by atoms with Crippen molar-refractivity contribution >= 4 is 12.0 Å². The molecule has 2 aliphatic heterocycles. The van der Waals surface area contributed by atoms with E-state index in [2.05, 4.69) is 20.4 Å². The van der Waals surface area contributed by atoms with Crippen LogP contribution in [0.5, 0.6) is 0 Å². The number of nitrogens with zero attached hydrogens (tertiary/aromatic N) is 6. The maximum absolute atomic E-state index is 12.2. The number of ether oxygens (including phenoxy) is 1. The van der Waals surface area contributed by atoms with Gasteiger partial charge in [-0.2, -0.15) is 0 Å². The maximum Gasteiger partial charge on any atom is 0.410 e. The van der Waals surface area contributed by atoms with E-state index in [0.717, 1.165) is 44.6 Å². The summed E-state index contributed by atoms with van der Waals surface area (Å²) in [4.78, 5) is 16.4. The molecule has 3 heterocycles. The SMILES string of the molecule is CC(C)(C)OC(=O)N1C[C@@H]2CN(c3nnnn3CC3CC3)C[C@@H]2C1. The Morgan fingerprint density at radius 3 is 2.42 bits per heavy atom. The van der Waals surface area contributed by atoms with E-state index in [0.29, 0.717) is 11.8 Å². The summed E-state index contributed by atoms with van der Waals surface area (Å²) in [7, 11) is 0. The summed E-state index contributed by atoms with van der Waals surface area (Å²) >= 11 is 0. The zero-order valence-electron chi connectivity index (χ0n) is 14.7. The number of amides is 1. The van der Waals surface area contributed by atoms with Crippen molar-refractivity contribution in [3.8, 4) is 0 Å². The Morgan fingerprint density at radius 2 is 1.83 bits per heavy atom. The molecule has 0 aromatic carbocycles. The second kappa shape index (κ2) is 5.60. The van der Waals surface area contributed by atoms with Crippen molar-refractivity contribution in [2.24, 2.45) is 17.8 Å². The Bertz CT molecular complexity index is 606. The Balaban J connectivity index is 1.36. The van der Waals surface area contributed by atoms with Crippen LogP contribution < -0.4 is 4.90 Å². The van der Waals surface area contributed by atoms with Gasteiger partial charge in [-0.1, -0.05) is 5.10 Å². The zero-order valence-corrected chi connectivity index (χ0v) is 14.7. The molecule has 8 nitrogen and oxygen atoms in total. The minimum atomic E-state index is -0.439. The average molecular weight is 334 g/mol. The monoisotopic (exact) mass is 334 g/mol. The number of likely N-dealkylation sites (tertiary alicyclic amines) is 1. The minimum absolute atomic E-state index is 0.193.